The summed E-state index contributed by atoms with van der Waals surface area (Å²) in [6, 6.07) is 5.26. The molecule has 3 aliphatic rings. The SMILES string of the molecule is CC(C)(CCC1CCNCC1)NCc1cccc2c1CN(C1CCC(=O)NC1=O)C2=O. The lowest BCUT2D eigenvalue weighted by Crippen LogP contribution is -2.52. The summed E-state index contributed by atoms with van der Waals surface area (Å²) >= 11 is 0. The number of imide groups is 1. The van der Waals surface area contributed by atoms with Crippen LogP contribution < -0.4 is 16.0 Å². The molecule has 0 aromatic heterocycles. The maximum absolute atomic E-state index is 13.0. The molecule has 31 heavy (non-hydrogen) atoms. The van der Waals surface area contributed by atoms with E-state index in [0.29, 0.717) is 25.1 Å². The molecule has 7 nitrogen and oxygen atoms in total. The van der Waals surface area contributed by atoms with Gasteiger partial charge >= 0.3 is 0 Å². The van der Waals surface area contributed by atoms with E-state index in [4.69, 9.17) is 0 Å². The molecule has 1 aromatic carbocycles. The Morgan fingerprint density at radius 2 is 1.90 bits per heavy atom. The third kappa shape index (κ3) is 4.99. The second-order valence-electron chi connectivity index (χ2n) is 9.81. The number of nitrogens with one attached hydrogen (secondary N) is 3. The van der Waals surface area contributed by atoms with E-state index >= 15 is 0 Å². The monoisotopic (exact) mass is 426 g/mol. The number of hydrogen-bond acceptors (Lipinski definition) is 5. The van der Waals surface area contributed by atoms with Crippen molar-refractivity contribution >= 4 is 17.7 Å². The fourth-order valence-corrected chi connectivity index (χ4v) is 4.97. The summed E-state index contributed by atoms with van der Waals surface area (Å²) in [5.74, 6) is 0.0673. The highest BCUT2D eigenvalue weighted by Crippen LogP contribution is 2.30. The van der Waals surface area contributed by atoms with Crippen molar-refractivity contribution in [1.29, 1.82) is 0 Å². The fourth-order valence-electron chi connectivity index (χ4n) is 4.97. The molecule has 3 N–H and O–H groups in total. The number of benzene rings is 1. The van der Waals surface area contributed by atoms with Crippen molar-refractivity contribution in [1.82, 2.24) is 20.9 Å². The summed E-state index contributed by atoms with van der Waals surface area (Å²) < 4.78 is 0. The molecule has 1 aromatic rings. The van der Waals surface area contributed by atoms with Gasteiger partial charge in [-0.3, -0.25) is 19.7 Å². The second kappa shape index (κ2) is 9.09. The predicted octanol–water partition coefficient (Wildman–Crippen LogP) is 2.10. The highest BCUT2D eigenvalue weighted by Gasteiger charge is 2.39. The Morgan fingerprint density at radius 1 is 1.13 bits per heavy atom. The molecular formula is C24H34N4O3. The van der Waals surface area contributed by atoms with Crippen molar-refractivity contribution in [3.8, 4) is 0 Å². The van der Waals surface area contributed by atoms with Crippen LogP contribution in [0.15, 0.2) is 18.2 Å². The topological polar surface area (TPSA) is 90.5 Å². The second-order valence-corrected chi connectivity index (χ2v) is 9.81. The van der Waals surface area contributed by atoms with Gasteiger partial charge in [-0.2, -0.15) is 0 Å². The van der Waals surface area contributed by atoms with Crippen molar-refractivity contribution in [2.75, 3.05) is 13.1 Å². The van der Waals surface area contributed by atoms with Gasteiger partial charge in [0.05, 0.1) is 0 Å². The Kier molecular flexibility index (Phi) is 6.44. The number of nitrogens with zero attached hydrogens (tertiary/aromatic N) is 1. The molecule has 0 aliphatic carbocycles. The minimum atomic E-state index is -0.570. The number of rotatable bonds is 7. The fraction of sp³-hybridized carbons (Fsp3) is 0.625. The van der Waals surface area contributed by atoms with Crippen molar-refractivity contribution < 1.29 is 14.4 Å². The Balaban J connectivity index is 1.39. The highest BCUT2D eigenvalue weighted by atomic mass is 16.2. The zero-order chi connectivity index (χ0) is 22.0. The largest absolute Gasteiger partial charge is 0.322 e. The van der Waals surface area contributed by atoms with Gasteiger partial charge in [0.2, 0.25) is 11.8 Å². The molecular weight excluding hydrogens is 392 g/mol. The van der Waals surface area contributed by atoms with Crippen LogP contribution in [0.3, 0.4) is 0 Å². The molecule has 7 heteroatoms. The average Bonchev–Trinajstić information content (AvgIpc) is 3.09. The van der Waals surface area contributed by atoms with Crippen molar-refractivity contribution in [3.63, 3.8) is 0 Å². The van der Waals surface area contributed by atoms with Crippen LogP contribution in [0.2, 0.25) is 0 Å². The average molecular weight is 427 g/mol. The van der Waals surface area contributed by atoms with E-state index in [-0.39, 0.29) is 29.7 Å². The summed E-state index contributed by atoms with van der Waals surface area (Å²) in [4.78, 5) is 38.4. The van der Waals surface area contributed by atoms with Gasteiger partial charge in [0.15, 0.2) is 0 Å². The molecule has 0 radical (unpaired) electrons. The van der Waals surface area contributed by atoms with Gasteiger partial charge in [0.1, 0.15) is 6.04 Å². The number of carbonyl (C=O) groups is 3. The van der Waals surface area contributed by atoms with Crippen LogP contribution in [0.4, 0.5) is 0 Å². The van der Waals surface area contributed by atoms with Crippen molar-refractivity contribution in [2.24, 2.45) is 5.92 Å². The molecule has 3 heterocycles. The van der Waals surface area contributed by atoms with Gasteiger partial charge in [-0.1, -0.05) is 12.1 Å². The number of hydrogen-bond donors (Lipinski definition) is 3. The number of carbonyl (C=O) groups excluding carboxylic acids is 3. The maximum atomic E-state index is 13.0. The lowest BCUT2D eigenvalue weighted by atomic mass is 9.87. The molecule has 2 fully saturated rings. The molecule has 168 valence electrons. The third-order valence-electron chi connectivity index (χ3n) is 7.07. The van der Waals surface area contributed by atoms with Gasteiger partial charge in [-0.05, 0) is 82.2 Å². The zero-order valence-corrected chi connectivity index (χ0v) is 18.6. The van der Waals surface area contributed by atoms with E-state index in [1.54, 1.807) is 4.90 Å². The lowest BCUT2D eigenvalue weighted by molar-refractivity contribution is -0.136. The number of amides is 3. The van der Waals surface area contributed by atoms with Crippen LogP contribution in [0.5, 0.6) is 0 Å². The molecule has 0 bridgehead atoms. The van der Waals surface area contributed by atoms with Crippen molar-refractivity contribution in [2.45, 2.75) is 77.0 Å². The zero-order valence-electron chi connectivity index (χ0n) is 18.6. The molecule has 2 saturated heterocycles. The molecule has 0 saturated carbocycles. The molecule has 1 atom stereocenters. The third-order valence-corrected chi connectivity index (χ3v) is 7.07. The Bertz CT molecular complexity index is 860. The maximum Gasteiger partial charge on any atom is 0.255 e. The normalized spacial score (nSPS) is 22.6. The summed E-state index contributed by atoms with van der Waals surface area (Å²) in [6.45, 7) is 7.88. The van der Waals surface area contributed by atoms with E-state index in [1.165, 1.54) is 19.3 Å². The van der Waals surface area contributed by atoms with Crippen LogP contribution in [-0.2, 0) is 22.7 Å². The number of fused-ring (bicyclic) bond motifs is 1. The van der Waals surface area contributed by atoms with Gasteiger partial charge in [0, 0.05) is 30.6 Å². The van der Waals surface area contributed by atoms with Crippen LogP contribution in [0.1, 0.15) is 73.9 Å². The van der Waals surface area contributed by atoms with Gasteiger partial charge in [-0.25, -0.2) is 0 Å². The van der Waals surface area contributed by atoms with Gasteiger partial charge in [0.25, 0.3) is 5.91 Å². The van der Waals surface area contributed by atoms with Gasteiger partial charge < -0.3 is 15.5 Å². The van der Waals surface area contributed by atoms with E-state index in [1.807, 2.05) is 12.1 Å². The Labute approximate surface area is 184 Å². The Hall–Kier alpha value is -2.25. The standard InChI is InChI=1S/C24H34N4O3/c1-24(2,11-8-16-9-12-25-13-10-16)26-14-17-4-3-5-18-19(17)15-28(23(18)31)20-6-7-21(29)27-22(20)30/h3-5,16,20,25-26H,6-15H2,1-2H3,(H,27,29,30). The highest BCUT2D eigenvalue weighted by molar-refractivity contribution is 6.05. The number of piperidine rings is 2. The summed E-state index contributed by atoms with van der Waals surface area (Å²) in [7, 11) is 0. The quantitative estimate of drug-likeness (QED) is 0.581. The Morgan fingerprint density at radius 3 is 2.65 bits per heavy atom. The van der Waals surface area contributed by atoms with E-state index in [2.05, 4.69) is 35.9 Å². The lowest BCUT2D eigenvalue weighted by Gasteiger charge is -2.31. The van der Waals surface area contributed by atoms with Crippen LogP contribution in [-0.4, -0.2) is 47.3 Å². The molecule has 0 spiro atoms. The van der Waals surface area contributed by atoms with Crippen LogP contribution in [0, 0.1) is 5.92 Å². The molecule has 3 amide bonds. The molecule has 3 aliphatic heterocycles. The summed E-state index contributed by atoms with van der Waals surface area (Å²) in [5, 5.41) is 9.49. The molecule has 4 rings (SSSR count). The summed E-state index contributed by atoms with van der Waals surface area (Å²) in [5.41, 5.74) is 2.80. The van der Waals surface area contributed by atoms with Crippen molar-refractivity contribution in [3.05, 3.63) is 34.9 Å². The minimum Gasteiger partial charge on any atom is -0.322 e. The van der Waals surface area contributed by atoms with Gasteiger partial charge in [-0.15, -0.1) is 0 Å². The molecule has 1 unspecified atom stereocenters. The smallest absolute Gasteiger partial charge is 0.255 e. The first kappa shape index (κ1) is 22.0. The van der Waals surface area contributed by atoms with E-state index < -0.39 is 6.04 Å². The van der Waals surface area contributed by atoms with E-state index in [9.17, 15) is 14.4 Å². The van der Waals surface area contributed by atoms with E-state index in [0.717, 1.165) is 36.6 Å². The summed E-state index contributed by atoms with van der Waals surface area (Å²) in [6.07, 6.45) is 5.55. The predicted molar refractivity (Wildman–Crippen MR) is 118 cm³/mol. The van der Waals surface area contributed by atoms with Crippen LogP contribution >= 0.6 is 0 Å². The first-order chi connectivity index (χ1) is 14.8. The van der Waals surface area contributed by atoms with Crippen LogP contribution in [0.25, 0.3) is 0 Å². The minimum absolute atomic E-state index is 0.0134. The first-order valence-electron chi connectivity index (χ1n) is 11.6. The first-order valence-corrected chi connectivity index (χ1v) is 11.6.